The summed E-state index contributed by atoms with van der Waals surface area (Å²) in [4.78, 5) is 11.6. The zero-order chi connectivity index (χ0) is 15.0. The Labute approximate surface area is 135 Å². The molecule has 0 spiro atoms. The smallest absolute Gasteiger partial charge is 0.274 e. The first-order chi connectivity index (χ1) is 10.0. The summed E-state index contributed by atoms with van der Waals surface area (Å²) in [5.74, 6) is 0.811. The third-order valence-corrected chi connectivity index (χ3v) is 3.58. The van der Waals surface area contributed by atoms with E-state index < -0.39 is 0 Å². The lowest BCUT2D eigenvalue weighted by Crippen LogP contribution is -2.21. The number of nitrogens with one attached hydrogen (secondary N) is 2. The zero-order valence-corrected chi connectivity index (χ0v) is 12.8. The Morgan fingerprint density at radius 1 is 1.14 bits per heavy atom. The highest BCUT2D eigenvalue weighted by molar-refractivity contribution is 7.80. The van der Waals surface area contributed by atoms with Crippen LogP contribution in [0.4, 0.5) is 0 Å². The lowest BCUT2D eigenvalue weighted by molar-refractivity contribution is -0.115. The molecule has 4 nitrogen and oxygen atoms in total. The van der Waals surface area contributed by atoms with Crippen molar-refractivity contribution in [3.05, 3.63) is 51.8 Å². The molecular weight excluding hydrogens is 331 g/mol. The van der Waals surface area contributed by atoms with Crippen LogP contribution in [0.2, 0.25) is 10.0 Å². The van der Waals surface area contributed by atoms with E-state index in [9.17, 15) is 4.79 Å². The van der Waals surface area contributed by atoms with Gasteiger partial charge in [-0.25, -0.2) is 0 Å². The molecule has 2 aromatic rings. The molecule has 1 saturated heterocycles. The summed E-state index contributed by atoms with van der Waals surface area (Å²) in [7, 11) is 0. The number of furan rings is 1. The standard InChI is InChI=1S/C14H8Cl2N2O2S/c15-7-1-3-9(10(16)5-7)12-4-2-8(20-12)6-11-13(19)18-14(21)17-11/h1-6H,(H2,17,18,19,21)/b11-6+. The van der Waals surface area contributed by atoms with E-state index in [1.54, 1.807) is 36.4 Å². The summed E-state index contributed by atoms with van der Waals surface area (Å²) >= 11 is 16.9. The van der Waals surface area contributed by atoms with Gasteiger partial charge in [0.25, 0.3) is 5.91 Å². The van der Waals surface area contributed by atoms with E-state index >= 15 is 0 Å². The molecule has 1 aromatic carbocycles. The normalized spacial score (nSPS) is 16.2. The molecule has 2 N–H and O–H groups in total. The fraction of sp³-hybridized carbons (Fsp3) is 0. The molecule has 1 amide bonds. The topological polar surface area (TPSA) is 54.3 Å². The molecule has 2 heterocycles. The molecule has 0 atom stereocenters. The molecule has 1 aliphatic rings. The van der Waals surface area contributed by atoms with Crippen LogP contribution >= 0.6 is 35.4 Å². The first kappa shape index (κ1) is 14.1. The van der Waals surface area contributed by atoms with Crippen LogP contribution in [0, 0.1) is 0 Å². The predicted octanol–water partition coefficient (Wildman–Crippen LogP) is 3.60. The number of benzene rings is 1. The largest absolute Gasteiger partial charge is 0.457 e. The van der Waals surface area contributed by atoms with Gasteiger partial charge < -0.3 is 9.73 Å². The van der Waals surface area contributed by atoms with Crippen molar-refractivity contribution in [2.24, 2.45) is 0 Å². The molecule has 0 unspecified atom stereocenters. The predicted molar refractivity (Wildman–Crippen MR) is 86.0 cm³/mol. The second kappa shape index (κ2) is 5.52. The molecule has 1 aromatic heterocycles. The van der Waals surface area contributed by atoms with Crippen molar-refractivity contribution in [3.63, 3.8) is 0 Å². The highest BCUT2D eigenvalue weighted by Crippen LogP contribution is 2.31. The Bertz CT molecular complexity index is 783. The van der Waals surface area contributed by atoms with E-state index in [0.717, 1.165) is 5.56 Å². The first-order valence-electron chi connectivity index (χ1n) is 5.92. The Balaban J connectivity index is 1.92. The van der Waals surface area contributed by atoms with Gasteiger partial charge in [0.2, 0.25) is 0 Å². The number of hydrogen-bond acceptors (Lipinski definition) is 3. The van der Waals surface area contributed by atoms with Gasteiger partial charge in [0.1, 0.15) is 17.2 Å². The second-order valence-electron chi connectivity index (χ2n) is 4.29. The highest BCUT2D eigenvalue weighted by atomic mass is 35.5. The van der Waals surface area contributed by atoms with Gasteiger partial charge in [0.05, 0.1) is 5.02 Å². The minimum absolute atomic E-state index is 0.277. The lowest BCUT2D eigenvalue weighted by Gasteiger charge is -2.01. The minimum atomic E-state index is -0.289. The number of thiocarbonyl (C=S) groups is 1. The van der Waals surface area contributed by atoms with E-state index in [2.05, 4.69) is 10.6 Å². The molecule has 106 valence electrons. The number of halogens is 2. The molecule has 0 aliphatic carbocycles. The van der Waals surface area contributed by atoms with Gasteiger partial charge >= 0.3 is 0 Å². The number of amides is 1. The zero-order valence-electron chi connectivity index (χ0n) is 10.4. The Hall–Kier alpha value is -1.82. The number of carbonyl (C=O) groups is 1. The van der Waals surface area contributed by atoms with Crippen molar-refractivity contribution in [2.45, 2.75) is 0 Å². The van der Waals surface area contributed by atoms with Crippen molar-refractivity contribution in [2.75, 3.05) is 0 Å². The average Bonchev–Trinajstić information content (AvgIpc) is 2.97. The van der Waals surface area contributed by atoms with E-state index in [-0.39, 0.29) is 11.0 Å². The second-order valence-corrected chi connectivity index (χ2v) is 5.54. The van der Waals surface area contributed by atoms with Crippen LogP contribution in [-0.2, 0) is 4.79 Å². The van der Waals surface area contributed by atoms with Gasteiger partial charge in [-0.15, -0.1) is 0 Å². The maximum Gasteiger partial charge on any atom is 0.274 e. The molecule has 0 saturated carbocycles. The molecular formula is C14H8Cl2N2O2S. The summed E-state index contributed by atoms with van der Waals surface area (Å²) in [6.07, 6.45) is 1.57. The Morgan fingerprint density at radius 3 is 2.62 bits per heavy atom. The lowest BCUT2D eigenvalue weighted by atomic mass is 10.2. The van der Waals surface area contributed by atoms with Crippen LogP contribution in [0.3, 0.4) is 0 Å². The van der Waals surface area contributed by atoms with Gasteiger partial charge in [-0.05, 0) is 42.5 Å². The fourth-order valence-electron chi connectivity index (χ4n) is 1.89. The summed E-state index contributed by atoms with van der Waals surface area (Å²) < 4.78 is 5.67. The average molecular weight is 339 g/mol. The van der Waals surface area contributed by atoms with Gasteiger partial charge in [0, 0.05) is 16.7 Å². The van der Waals surface area contributed by atoms with Crippen LogP contribution in [-0.4, -0.2) is 11.0 Å². The van der Waals surface area contributed by atoms with E-state index in [0.29, 0.717) is 27.3 Å². The maximum absolute atomic E-state index is 11.6. The van der Waals surface area contributed by atoms with E-state index in [1.165, 1.54) is 0 Å². The van der Waals surface area contributed by atoms with Gasteiger partial charge in [-0.1, -0.05) is 23.2 Å². The Kier molecular flexibility index (Phi) is 3.71. The third kappa shape index (κ3) is 2.95. The maximum atomic E-state index is 11.6. The van der Waals surface area contributed by atoms with Crippen molar-refractivity contribution >= 4 is 52.5 Å². The van der Waals surface area contributed by atoms with Crippen molar-refractivity contribution in [3.8, 4) is 11.3 Å². The van der Waals surface area contributed by atoms with Gasteiger partial charge in [-0.2, -0.15) is 0 Å². The summed E-state index contributed by atoms with van der Waals surface area (Å²) in [6, 6.07) is 8.66. The van der Waals surface area contributed by atoms with Crippen molar-refractivity contribution in [1.29, 1.82) is 0 Å². The van der Waals surface area contributed by atoms with Gasteiger partial charge in [-0.3, -0.25) is 10.1 Å². The molecule has 0 radical (unpaired) electrons. The van der Waals surface area contributed by atoms with Crippen LogP contribution in [0.15, 0.2) is 40.4 Å². The molecule has 3 rings (SSSR count). The number of hydrogen-bond donors (Lipinski definition) is 2. The molecule has 7 heteroatoms. The monoisotopic (exact) mass is 338 g/mol. The van der Waals surface area contributed by atoms with E-state index in [1.807, 2.05) is 0 Å². The van der Waals surface area contributed by atoms with Crippen LogP contribution in [0.25, 0.3) is 17.4 Å². The highest BCUT2D eigenvalue weighted by Gasteiger charge is 2.20. The molecule has 1 aliphatic heterocycles. The SMILES string of the molecule is O=C1NC(=S)N/C1=C/c1ccc(-c2ccc(Cl)cc2Cl)o1. The Morgan fingerprint density at radius 2 is 1.95 bits per heavy atom. The molecule has 1 fully saturated rings. The van der Waals surface area contributed by atoms with E-state index in [4.69, 9.17) is 39.8 Å². The van der Waals surface area contributed by atoms with Crippen LogP contribution in [0.5, 0.6) is 0 Å². The van der Waals surface area contributed by atoms with Crippen LogP contribution in [0.1, 0.15) is 5.76 Å². The van der Waals surface area contributed by atoms with Gasteiger partial charge in [0.15, 0.2) is 5.11 Å². The van der Waals surface area contributed by atoms with Crippen molar-refractivity contribution < 1.29 is 9.21 Å². The van der Waals surface area contributed by atoms with Crippen molar-refractivity contribution in [1.82, 2.24) is 10.6 Å². The minimum Gasteiger partial charge on any atom is -0.457 e. The molecule has 0 bridgehead atoms. The number of carbonyl (C=O) groups excluding carboxylic acids is 1. The quantitative estimate of drug-likeness (QED) is 0.648. The molecule has 21 heavy (non-hydrogen) atoms. The summed E-state index contributed by atoms with van der Waals surface area (Å²) in [5, 5.41) is 6.55. The fourth-order valence-corrected chi connectivity index (χ4v) is 2.59. The summed E-state index contributed by atoms with van der Waals surface area (Å²) in [5.41, 5.74) is 1.06. The van der Waals surface area contributed by atoms with Crippen LogP contribution < -0.4 is 10.6 Å². The third-order valence-electron chi connectivity index (χ3n) is 2.83. The first-order valence-corrected chi connectivity index (χ1v) is 7.08. The summed E-state index contributed by atoms with van der Waals surface area (Å²) in [6.45, 7) is 0. The number of rotatable bonds is 2.